The molecule has 0 fully saturated rings. The Kier molecular flexibility index (Phi) is 8.43. The lowest BCUT2D eigenvalue weighted by molar-refractivity contribution is 0.768. The van der Waals surface area contributed by atoms with Gasteiger partial charge in [0.05, 0.1) is 16.5 Å². The molecule has 0 amide bonds. The molecule has 3 aliphatic carbocycles. The zero-order valence-corrected chi connectivity index (χ0v) is 39.0. The van der Waals surface area contributed by atoms with Crippen molar-refractivity contribution in [2.45, 2.75) is 10.8 Å². The van der Waals surface area contributed by atoms with Gasteiger partial charge in [-0.15, -0.1) is 11.3 Å². The molecule has 1 aromatic heterocycles. The highest BCUT2D eigenvalue weighted by Crippen LogP contribution is 2.65. The third-order valence-corrected chi connectivity index (χ3v) is 17.0. The first-order valence-electron chi connectivity index (χ1n) is 24.3. The normalized spacial score (nSPS) is 13.9. The second-order valence-corrected chi connectivity index (χ2v) is 20.1. The average molecular weight is 906 g/mol. The Balaban J connectivity index is 1.00. The average Bonchev–Trinajstić information content (AvgIpc) is 4.15. The van der Waals surface area contributed by atoms with Crippen molar-refractivity contribution in [1.29, 1.82) is 0 Å². The fourth-order valence-corrected chi connectivity index (χ4v) is 14.3. The highest BCUT2D eigenvalue weighted by atomic mass is 32.1. The quantitative estimate of drug-likeness (QED) is 0.161. The second kappa shape index (κ2) is 15.0. The van der Waals surface area contributed by atoms with Crippen LogP contribution in [0.15, 0.2) is 261 Å². The molecule has 12 aromatic rings. The van der Waals surface area contributed by atoms with Gasteiger partial charge in [0.1, 0.15) is 0 Å². The van der Waals surface area contributed by atoms with Gasteiger partial charge in [-0.1, -0.05) is 224 Å². The van der Waals surface area contributed by atoms with Crippen LogP contribution in [0.4, 0.5) is 17.1 Å². The summed E-state index contributed by atoms with van der Waals surface area (Å²) in [7, 11) is 0. The van der Waals surface area contributed by atoms with Gasteiger partial charge in [0.25, 0.3) is 0 Å². The highest BCUT2D eigenvalue weighted by molar-refractivity contribution is 7.26. The number of nitrogens with zero attached hydrogens (tertiary/aromatic N) is 1. The van der Waals surface area contributed by atoms with Crippen LogP contribution in [0, 0.1) is 0 Å². The van der Waals surface area contributed by atoms with E-state index in [1.807, 2.05) is 11.3 Å². The second-order valence-electron chi connectivity index (χ2n) is 19.0. The predicted molar refractivity (Wildman–Crippen MR) is 293 cm³/mol. The monoisotopic (exact) mass is 905 g/mol. The third-order valence-electron chi connectivity index (χ3n) is 15.8. The molecule has 0 aliphatic heterocycles. The minimum absolute atomic E-state index is 0.469. The maximum atomic E-state index is 2.55. The molecule has 11 aromatic carbocycles. The molecule has 2 heteroatoms. The first-order valence-corrected chi connectivity index (χ1v) is 25.2. The summed E-state index contributed by atoms with van der Waals surface area (Å²) in [5.74, 6) is 0. The van der Waals surface area contributed by atoms with E-state index in [9.17, 15) is 0 Å². The molecule has 1 spiro atoms. The van der Waals surface area contributed by atoms with Gasteiger partial charge in [-0.25, -0.2) is 0 Å². The van der Waals surface area contributed by atoms with Crippen LogP contribution >= 0.6 is 11.3 Å². The van der Waals surface area contributed by atoms with E-state index in [-0.39, 0.29) is 0 Å². The van der Waals surface area contributed by atoms with Crippen molar-refractivity contribution in [1.82, 2.24) is 0 Å². The fraction of sp³-hybridized carbons (Fsp3) is 0.0294. The highest BCUT2D eigenvalue weighted by Gasteiger charge is 2.52. The Hall–Kier alpha value is -8.56. The largest absolute Gasteiger partial charge is 0.310 e. The van der Waals surface area contributed by atoms with Crippen molar-refractivity contribution < 1.29 is 0 Å². The zero-order valence-electron chi connectivity index (χ0n) is 38.2. The van der Waals surface area contributed by atoms with Crippen LogP contribution in [-0.2, 0) is 10.8 Å². The lowest BCUT2D eigenvalue weighted by atomic mass is 9.67. The van der Waals surface area contributed by atoms with Crippen molar-refractivity contribution in [3.63, 3.8) is 0 Å². The molecule has 0 saturated heterocycles. The Labute approximate surface area is 411 Å². The van der Waals surface area contributed by atoms with Crippen LogP contribution in [0.1, 0.15) is 44.5 Å². The summed E-state index contributed by atoms with van der Waals surface area (Å²) in [5.41, 5.74) is 23.0. The van der Waals surface area contributed by atoms with E-state index in [4.69, 9.17) is 0 Å². The number of anilines is 3. The van der Waals surface area contributed by atoms with E-state index in [0.717, 1.165) is 17.1 Å². The molecular formula is C68H43NS. The molecule has 0 saturated carbocycles. The maximum absolute atomic E-state index is 2.55. The number of hydrogen-bond donors (Lipinski definition) is 0. The lowest BCUT2D eigenvalue weighted by Crippen LogP contribution is -2.28. The molecule has 326 valence electrons. The topological polar surface area (TPSA) is 3.24 Å². The minimum atomic E-state index is -0.546. The van der Waals surface area contributed by atoms with Gasteiger partial charge in [0.2, 0.25) is 0 Å². The van der Waals surface area contributed by atoms with Crippen LogP contribution < -0.4 is 4.90 Å². The molecule has 3 aliphatic rings. The summed E-state index contributed by atoms with van der Waals surface area (Å²) in [6, 6.07) is 98.0. The third kappa shape index (κ3) is 5.21. The zero-order chi connectivity index (χ0) is 46.0. The van der Waals surface area contributed by atoms with Crippen LogP contribution in [0.5, 0.6) is 0 Å². The van der Waals surface area contributed by atoms with Crippen LogP contribution in [0.2, 0.25) is 0 Å². The van der Waals surface area contributed by atoms with Gasteiger partial charge in [-0.05, 0) is 120 Å². The fourth-order valence-electron chi connectivity index (χ4n) is 13.1. The van der Waals surface area contributed by atoms with Gasteiger partial charge < -0.3 is 4.90 Å². The van der Waals surface area contributed by atoms with E-state index in [1.165, 1.54) is 109 Å². The first-order chi connectivity index (χ1) is 34.7. The molecule has 0 N–H and O–H groups in total. The summed E-state index contributed by atoms with van der Waals surface area (Å²) in [4.78, 5) is 2.55. The summed E-state index contributed by atoms with van der Waals surface area (Å²) >= 11 is 1.89. The maximum Gasteiger partial charge on any atom is 0.0726 e. The molecule has 70 heavy (non-hydrogen) atoms. The number of hydrogen-bond acceptors (Lipinski definition) is 2. The lowest BCUT2D eigenvalue weighted by Gasteiger charge is -2.35. The van der Waals surface area contributed by atoms with Gasteiger partial charge in [-0.2, -0.15) is 0 Å². The minimum Gasteiger partial charge on any atom is -0.310 e. The summed E-state index contributed by atoms with van der Waals surface area (Å²) in [6.07, 6.45) is 0. The predicted octanol–water partition coefficient (Wildman–Crippen LogP) is 17.9. The van der Waals surface area contributed by atoms with E-state index >= 15 is 0 Å². The number of benzene rings is 11. The SMILES string of the molecule is c1ccc(C2(c3ccccc3)c3ccccc3-c3ccc(N(c4ccc(-c5cccc6c5sc5ccccc56)cc4)c4cccc5c4-c4ccccc4C54c5ccccc5-c5ccccc54)cc32)cc1. The Morgan fingerprint density at radius 1 is 0.300 bits per heavy atom. The van der Waals surface area contributed by atoms with Gasteiger partial charge in [0, 0.05) is 37.1 Å². The van der Waals surface area contributed by atoms with Crippen molar-refractivity contribution in [3.8, 4) is 44.5 Å². The van der Waals surface area contributed by atoms with Crippen molar-refractivity contribution >= 4 is 48.6 Å². The Morgan fingerprint density at radius 2 is 0.771 bits per heavy atom. The Morgan fingerprint density at radius 3 is 1.43 bits per heavy atom. The molecule has 0 atom stereocenters. The molecule has 15 rings (SSSR count). The molecule has 1 heterocycles. The summed E-state index contributed by atoms with van der Waals surface area (Å²) < 4.78 is 2.64. The van der Waals surface area contributed by atoms with E-state index in [0.29, 0.717) is 0 Å². The van der Waals surface area contributed by atoms with E-state index in [1.54, 1.807) is 0 Å². The molecule has 0 unspecified atom stereocenters. The standard InChI is InChI=1S/C68H43NS/c1-3-19-45(20-4-1)67(46-21-5-2-6-22-46)57-30-12-7-25-52(57)53-42-41-48(43-62(53)67)69(47-39-37-44(38-40-47)49-28-17-29-55-54-26-11-16-36-64(54)70-66(49)55)63-35-18-34-61-65(63)56-27-10-15-33-60(56)68(61)58-31-13-8-23-50(58)51-24-9-14-32-59(51)68/h1-43H. The molecule has 0 radical (unpaired) electrons. The van der Waals surface area contributed by atoms with Crippen molar-refractivity contribution in [3.05, 3.63) is 305 Å². The van der Waals surface area contributed by atoms with Gasteiger partial charge in [0.15, 0.2) is 0 Å². The van der Waals surface area contributed by atoms with Crippen molar-refractivity contribution in [2.24, 2.45) is 0 Å². The van der Waals surface area contributed by atoms with E-state index in [2.05, 4.69) is 266 Å². The number of fused-ring (bicyclic) bond motifs is 16. The summed E-state index contributed by atoms with van der Waals surface area (Å²) in [6.45, 7) is 0. The Bertz CT molecular complexity index is 3980. The number of rotatable bonds is 6. The van der Waals surface area contributed by atoms with Crippen LogP contribution in [0.3, 0.4) is 0 Å². The van der Waals surface area contributed by atoms with Crippen LogP contribution in [-0.4, -0.2) is 0 Å². The van der Waals surface area contributed by atoms with Crippen molar-refractivity contribution in [2.75, 3.05) is 4.90 Å². The first kappa shape index (κ1) is 39.4. The molecular weight excluding hydrogens is 863 g/mol. The van der Waals surface area contributed by atoms with Crippen LogP contribution in [0.25, 0.3) is 64.7 Å². The number of thiophene rings is 1. The molecule has 0 bridgehead atoms. The molecule has 1 nitrogen and oxygen atoms in total. The van der Waals surface area contributed by atoms with E-state index < -0.39 is 10.8 Å². The summed E-state index contributed by atoms with van der Waals surface area (Å²) in [5, 5.41) is 2.63. The van der Waals surface area contributed by atoms with Gasteiger partial charge >= 0.3 is 0 Å². The van der Waals surface area contributed by atoms with Gasteiger partial charge in [-0.3, -0.25) is 0 Å². The smallest absolute Gasteiger partial charge is 0.0726 e.